The van der Waals surface area contributed by atoms with Crippen LogP contribution in [0.1, 0.15) is 25.8 Å². The molecule has 0 spiro atoms. The molecule has 0 saturated heterocycles. The maximum absolute atomic E-state index is 11.7. The van der Waals surface area contributed by atoms with E-state index in [1.54, 1.807) is 4.68 Å². The van der Waals surface area contributed by atoms with Crippen molar-refractivity contribution in [2.24, 2.45) is 0 Å². The Labute approximate surface area is 142 Å². The number of nitrogens with zero attached hydrogens (tertiary/aromatic N) is 3. The highest BCUT2D eigenvalue weighted by Gasteiger charge is 2.11. The number of hydrogen-bond acceptors (Lipinski definition) is 4. The normalized spacial score (nSPS) is 10.6. The Bertz CT molecular complexity index is 700. The van der Waals surface area contributed by atoms with Crippen LogP contribution in [0.3, 0.4) is 0 Å². The van der Waals surface area contributed by atoms with Gasteiger partial charge in [-0.25, -0.2) is 0 Å². The third-order valence-corrected chi connectivity index (χ3v) is 3.39. The lowest BCUT2D eigenvalue weighted by atomic mass is 10.1. The van der Waals surface area contributed by atoms with Crippen LogP contribution in [0.25, 0.3) is 11.3 Å². The summed E-state index contributed by atoms with van der Waals surface area (Å²) < 4.78 is 1.79. The van der Waals surface area contributed by atoms with E-state index in [0.717, 1.165) is 16.8 Å². The molecule has 1 aromatic carbocycles. The molecule has 0 aliphatic carbocycles. The number of carbonyl (C=O) groups excluding carboxylic acids is 1. The molecule has 2 rings (SSSR count). The van der Waals surface area contributed by atoms with Crippen molar-refractivity contribution in [3.63, 3.8) is 0 Å². The minimum Gasteiger partial charge on any atom is -0.353 e. The van der Waals surface area contributed by atoms with E-state index in [-0.39, 0.29) is 18.5 Å². The summed E-state index contributed by atoms with van der Waals surface area (Å²) in [6.07, 6.45) is 2.35. The molecule has 1 heterocycles. The molecule has 2 N–H and O–H groups in total. The van der Waals surface area contributed by atoms with Crippen LogP contribution < -0.4 is 10.6 Å². The van der Waals surface area contributed by atoms with Crippen molar-refractivity contribution in [1.29, 1.82) is 5.26 Å². The Hall–Kier alpha value is -2.65. The van der Waals surface area contributed by atoms with E-state index in [4.69, 9.17) is 5.26 Å². The molecule has 0 unspecified atom stereocenters. The zero-order chi connectivity index (χ0) is 17.4. The molecule has 1 aromatic heterocycles. The van der Waals surface area contributed by atoms with Crippen LogP contribution >= 0.6 is 0 Å². The topological polar surface area (TPSA) is 82.7 Å². The molecule has 0 aliphatic heterocycles. The van der Waals surface area contributed by atoms with Crippen molar-refractivity contribution in [2.45, 2.75) is 39.4 Å². The van der Waals surface area contributed by atoms with E-state index in [0.29, 0.717) is 19.5 Å². The zero-order valence-electron chi connectivity index (χ0n) is 14.1. The summed E-state index contributed by atoms with van der Waals surface area (Å²) in [6.45, 7) is 5.23. The van der Waals surface area contributed by atoms with E-state index >= 15 is 0 Å². The third kappa shape index (κ3) is 5.21. The minimum absolute atomic E-state index is 0.0249. The first-order valence-electron chi connectivity index (χ1n) is 8.09. The molecule has 0 aliphatic rings. The van der Waals surface area contributed by atoms with Crippen LogP contribution in [0.2, 0.25) is 0 Å². The lowest BCUT2D eigenvalue weighted by Crippen LogP contribution is -2.37. The number of aryl methyl sites for hydroxylation is 1. The highest BCUT2D eigenvalue weighted by molar-refractivity contribution is 5.78. The summed E-state index contributed by atoms with van der Waals surface area (Å²) >= 11 is 0. The number of amides is 1. The second kappa shape index (κ2) is 8.85. The molecule has 0 saturated carbocycles. The molecule has 126 valence electrons. The van der Waals surface area contributed by atoms with Crippen molar-refractivity contribution in [1.82, 2.24) is 20.4 Å². The summed E-state index contributed by atoms with van der Waals surface area (Å²) in [5.41, 5.74) is 2.92. The van der Waals surface area contributed by atoms with Gasteiger partial charge in [0, 0.05) is 29.9 Å². The second-order valence-electron chi connectivity index (χ2n) is 5.87. The highest BCUT2D eigenvalue weighted by Crippen LogP contribution is 2.21. The molecule has 6 nitrogen and oxygen atoms in total. The van der Waals surface area contributed by atoms with Gasteiger partial charge in [-0.1, -0.05) is 30.3 Å². The van der Waals surface area contributed by atoms with Gasteiger partial charge in [0.15, 0.2) is 0 Å². The average molecular weight is 325 g/mol. The molecule has 24 heavy (non-hydrogen) atoms. The Kier molecular flexibility index (Phi) is 6.52. The zero-order valence-corrected chi connectivity index (χ0v) is 14.1. The maximum Gasteiger partial charge on any atom is 0.234 e. The number of rotatable bonds is 8. The Morgan fingerprint density at radius 1 is 1.33 bits per heavy atom. The van der Waals surface area contributed by atoms with Gasteiger partial charge in [-0.2, -0.15) is 10.4 Å². The van der Waals surface area contributed by atoms with Gasteiger partial charge >= 0.3 is 0 Å². The summed E-state index contributed by atoms with van der Waals surface area (Å²) in [7, 11) is 0. The first kappa shape index (κ1) is 17.7. The van der Waals surface area contributed by atoms with Gasteiger partial charge in [-0.05, 0) is 13.8 Å². The number of nitriles is 1. The fourth-order valence-corrected chi connectivity index (χ4v) is 2.39. The van der Waals surface area contributed by atoms with Gasteiger partial charge in [0.05, 0.1) is 31.3 Å². The monoisotopic (exact) mass is 325 g/mol. The van der Waals surface area contributed by atoms with E-state index in [1.807, 2.05) is 50.4 Å². The Morgan fingerprint density at radius 3 is 2.75 bits per heavy atom. The predicted molar refractivity (Wildman–Crippen MR) is 92.9 cm³/mol. The van der Waals surface area contributed by atoms with Crippen molar-refractivity contribution >= 4 is 5.91 Å². The van der Waals surface area contributed by atoms with E-state index < -0.39 is 0 Å². The second-order valence-corrected chi connectivity index (χ2v) is 5.87. The molecule has 6 heteroatoms. The molecule has 0 bridgehead atoms. The van der Waals surface area contributed by atoms with E-state index in [9.17, 15) is 4.79 Å². The number of carbonyl (C=O) groups is 1. The van der Waals surface area contributed by atoms with Crippen molar-refractivity contribution in [3.8, 4) is 17.3 Å². The molecular formula is C18H23N5O. The average Bonchev–Trinajstić information content (AvgIpc) is 2.96. The van der Waals surface area contributed by atoms with Crippen LogP contribution in [-0.2, 0) is 17.9 Å². The van der Waals surface area contributed by atoms with Crippen LogP contribution in [0.4, 0.5) is 0 Å². The van der Waals surface area contributed by atoms with Gasteiger partial charge < -0.3 is 10.6 Å². The van der Waals surface area contributed by atoms with E-state index in [2.05, 4.69) is 21.8 Å². The smallest absolute Gasteiger partial charge is 0.234 e. The third-order valence-electron chi connectivity index (χ3n) is 3.39. The van der Waals surface area contributed by atoms with Crippen LogP contribution in [0.5, 0.6) is 0 Å². The van der Waals surface area contributed by atoms with Crippen molar-refractivity contribution < 1.29 is 4.79 Å². The quantitative estimate of drug-likeness (QED) is 0.778. The van der Waals surface area contributed by atoms with Gasteiger partial charge in [-0.15, -0.1) is 0 Å². The Balaban J connectivity index is 2.08. The molecule has 0 radical (unpaired) electrons. The Morgan fingerprint density at radius 2 is 2.08 bits per heavy atom. The van der Waals surface area contributed by atoms with Gasteiger partial charge in [-0.3, -0.25) is 9.48 Å². The van der Waals surface area contributed by atoms with E-state index in [1.165, 1.54) is 0 Å². The number of aromatic nitrogens is 2. The van der Waals surface area contributed by atoms with Gasteiger partial charge in [0.1, 0.15) is 0 Å². The predicted octanol–water partition coefficient (Wildman–Crippen LogP) is 2.08. The van der Waals surface area contributed by atoms with Crippen LogP contribution in [0, 0.1) is 11.3 Å². The highest BCUT2D eigenvalue weighted by atomic mass is 16.1. The SMILES string of the molecule is CC(C)NC(=O)CNCc1cn(CCC#N)nc1-c1ccccc1. The number of nitrogens with one attached hydrogen (secondary N) is 2. The van der Waals surface area contributed by atoms with Gasteiger partial charge in [0.25, 0.3) is 0 Å². The van der Waals surface area contributed by atoms with Crippen LogP contribution in [-0.4, -0.2) is 28.3 Å². The van der Waals surface area contributed by atoms with Crippen LogP contribution in [0.15, 0.2) is 36.5 Å². The first-order chi connectivity index (χ1) is 11.6. The molecule has 1 amide bonds. The first-order valence-corrected chi connectivity index (χ1v) is 8.09. The molecule has 0 atom stereocenters. The summed E-state index contributed by atoms with van der Waals surface area (Å²) in [5.74, 6) is -0.0249. The lowest BCUT2D eigenvalue weighted by molar-refractivity contribution is -0.120. The molecular weight excluding hydrogens is 302 g/mol. The lowest BCUT2D eigenvalue weighted by Gasteiger charge is -2.09. The van der Waals surface area contributed by atoms with Crippen molar-refractivity contribution in [2.75, 3.05) is 6.54 Å². The standard InChI is InChI=1S/C18H23N5O/c1-14(2)21-17(24)12-20-11-16-13-23(10-6-9-19)22-18(16)15-7-4-3-5-8-15/h3-5,7-8,13-14,20H,6,10-12H2,1-2H3,(H,21,24). The molecule has 0 fully saturated rings. The largest absolute Gasteiger partial charge is 0.353 e. The van der Waals surface area contributed by atoms with Gasteiger partial charge in [0.2, 0.25) is 5.91 Å². The maximum atomic E-state index is 11.7. The summed E-state index contributed by atoms with van der Waals surface area (Å²) in [5, 5.41) is 19.3. The number of hydrogen-bond donors (Lipinski definition) is 2. The summed E-state index contributed by atoms with van der Waals surface area (Å²) in [4.78, 5) is 11.7. The minimum atomic E-state index is -0.0249. The van der Waals surface area contributed by atoms with Crippen molar-refractivity contribution in [3.05, 3.63) is 42.1 Å². The fourth-order valence-electron chi connectivity index (χ4n) is 2.39. The summed E-state index contributed by atoms with van der Waals surface area (Å²) in [6, 6.07) is 12.2. The molecule has 2 aromatic rings. The fraction of sp³-hybridized carbons (Fsp3) is 0.389. The number of benzene rings is 1.